The largest absolute Gasteiger partial charge is 0.352 e. The summed E-state index contributed by atoms with van der Waals surface area (Å²) >= 11 is 0. The zero-order chi connectivity index (χ0) is 23.2. The fraction of sp³-hybridized carbons (Fsp3) is 0.423. The molecule has 1 fully saturated rings. The van der Waals surface area contributed by atoms with Gasteiger partial charge in [-0.1, -0.05) is 55.7 Å². The Labute approximate surface area is 193 Å². The summed E-state index contributed by atoms with van der Waals surface area (Å²) in [4.78, 5) is 41.6. The molecule has 1 heterocycles. The molecule has 0 spiro atoms. The minimum Gasteiger partial charge on any atom is -0.352 e. The van der Waals surface area contributed by atoms with Crippen molar-refractivity contribution in [3.05, 3.63) is 80.5 Å². The molecule has 7 nitrogen and oxygen atoms in total. The quantitative estimate of drug-likeness (QED) is 0.554. The standard InChI is InChI=1S/C26H32N4O3/c1-29(21-11-3-2-4-12-21)18-20-10-6-5-9-19(20)17-27-24(31)15-16-30-23-14-8-7-13-22(23)25(32)28-26(30)33/h5-10,13-14,21H,2-4,11-12,15-18H2,1H3,(H,27,31)(H,28,32,33). The molecule has 3 aromatic rings. The third-order valence-electron chi connectivity index (χ3n) is 6.68. The lowest BCUT2D eigenvalue weighted by molar-refractivity contribution is -0.121. The summed E-state index contributed by atoms with van der Waals surface area (Å²) in [5.74, 6) is -0.132. The molecular formula is C26H32N4O3. The number of aryl methyl sites for hydroxylation is 1. The molecule has 174 valence electrons. The first-order chi connectivity index (χ1) is 16.0. The van der Waals surface area contributed by atoms with E-state index < -0.39 is 11.2 Å². The van der Waals surface area contributed by atoms with Gasteiger partial charge in [0.2, 0.25) is 5.91 Å². The molecule has 1 saturated carbocycles. The van der Waals surface area contributed by atoms with Crippen LogP contribution in [0, 0.1) is 0 Å². The highest BCUT2D eigenvalue weighted by Crippen LogP contribution is 2.23. The number of para-hydroxylation sites is 1. The normalized spacial score (nSPS) is 14.6. The molecule has 4 rings (SSSR count). The lowest BCUT2D eigenvalue weighted by Gasteiger charge is -2.31. The molecule has 0 saturated heterocycles. The topological polar surface area (TPSA) is 87.2 Å². The van der Waals surface area contributed by atoms with Crippen LogP contribution in [0.25, 0.3) is 10.9 Å². The Morgan fingerprint density at radius 3 is 2.52 bits per heavy atom. The number of hydrogen-bond acceptors (Lipinski definition) is 4. The predicted octanol–water partition coefficient (Wildman–Crippen LogP) is 3.16. The Hall–Kier alpha value is -3.19. The van der Waals surface area contributed by atoms with Gasteiger partial charge >= 0.3 is 5.69 Å². The number of aromatic nitrogens is 2. The van der Waals surface area contributed by atoms with Crippen molar-refractivity contribution in [1.82, 2.24) is 19.8 Å². The maximum absolute atomic E-state index is 12.6. The number of benzene rings is 2. The number of carbonyl (C=O) groups excluding carboxylic acids is 1. The van der Waals surface area contributed by atoms with Gasteiger partial charge in [-0.2, -0.15) is 0 Å². The van der Waals surface area contributed by atoms with Crippen molar-refractivity contribution < 1.29 is 4.79 Å². The van der Waals surface area contributed by atoms with Crippen molar-refractivity contribution in [3.8, 4) is 0 Å². The summed E-state index contributed by atoms with van der Waals surface area (Å²) in [6.07, 6.45) is 6.62. The van der Waals surface area contributed by atoms with Crippen LogP contribution >= 0.6 is 0 Å². The highest BCUT2D eigenvalue weighted by atomic mass is 16.2. The monoisotopic (exact) mass is 448 g/mol. The zero-order valence-electron chi connectivity index (χ0n) is 19.2. The molecule has 1 amide bonds. The molecule has 1 aliphatic rings. The third kappa shape index (κ3) is 5.60. The van der Waals surface area contributed by atoms with Gasteiger partial charge in [0.1, 0.15) is 0 Å². The third-order valence-corrected chi connectivity index (χ3v) is 6.68. The minimum atomic E-state index is -0.498. The number of aromatic amines is 1. The van der Waals surface area contributed by atoms with E-state index in [2.05, 4.69) is 34.4 Å². The molecule has 2 N–H and O–H groups in total. The molecule has 0 bridgehead atoms. The molecule has 0 unspecified atom stereocenters. The van der Waals surface area contributed by atoms with E-state index in [9.17, 15) is 14.4 Å². The lowest BCUT2D eigenvalue weighted by Crippen LogP contribution is -2.34. The van der Waals surface area contributed by atoms with E-state index in [0.29, 0.717) is 23.5 Å². The predicted molar refractivity (Wildman–Crippen MR) is 130 cm³/mol. The van der Waals surface area contributed by atoms with Crippen LogP contribution in [0.1, 0.15) is 49.7 Å². The number of H-pyrrole nitrogens is 1. The van der Waals surface area contributed by atoms with Crippen molar-refractivity contribution in [3.63, 3.8) is 0 Å². The average Bonchev–Trinajstić information content (AvgIpc) is 2.84. The Balaban J connectivity index is 1.37. The Morgan fingerprint density at radius 2 is 1.73 bits per heavy atom. The fourth-order valence-corrected chi connectivity index (χ4v) is 4.76. The molecule has 1 aliphatic carbocycles. The average molecular weight is 449 g/mol. The van der Waals surface area contributed by atoms with E-state index in [-0.39, 0.29) is 18.9 Å². The lowest BCUT2D eigenvalue weighted by atomic mass is 9.94. The van der Waals surface area contributed by atoms with Gasteiger partial charge in [0.05, 0.1) is 10.9 Å². The Bertz CT molecular complexity index is 1220. The first kappa shape index (κ1) is 23.0. The SMILES string of the molecule is CN(Cc1ccccc1CNC(=O)CCn1c(=O)[nH]c(=O)c2ccccc21)C1CCCCC1. The molecule has 0 aliphatic heterocycles. The molecule has 0 radical (unpaired) electrons. The maximum Gasteiger partial charge on any atom is 0.328 e. The van der Waals surface area contributed by atoms with Crippen molar-refractivity contribution in [2.45, 2.75) is 64.2 Å². The molecular weight excluding hydrogens is 416 g/mol. The van der Waals surface area contributed by atoms with Crippen LogP contribution in [0.15, 0.2) is 58.1 Å². The molecule has 1 aromatic heterocycles. The van der Waals surface area contributed by atoms with Crippen LogP contribution in [0.4, 0.5) is 0 Å². The smallest absolute Gasteiger partial charge is 0.328 e. The fourth-order valence-electron chi connectivity index (χ4n) is 4.76. The number of nitrogens with zero attached hydrogens (tertiary/aromatic N) is 2. The highest BCUT2D eigenvalue weighted by molar-refractivity contribution is 5.78. The Kier molecular flexibility index (Phi) is 7.40. The molecule has 7 heteroatoms. The number of nitrogens with one attached hydrogen (secondary N) is 2. The molecule has 33 heavy (non-hydrogen) atoms. The second-order valence-electron chi connectivity index (χ2n) is 8.93. The first-order valence-corrected chi connectivity index (χ1v) is 11.8. The van der Waals surface area contributed by atoms with E-state index in [0.717, 1.165) is 12.1 Å². The summed E-state index contributed by atoms with van der Waals surface area (Å²) in [5.41, 5.74) is 1.97. The van der Waals surface area contributed by atoms with Crippen LogP contribution < -0.4 is 16.6 Å². The van der Waals surface area contributed by atoms with Gasteiger partial charge in [-0.05, 0) is 43.1 Å². The summed E-state index contributed by atoms with van der Waals surface area (Å²) in [5, 5.41) is 3.43. The number of rotatable bonds is 8. The number of hydrogen-bond donors (Lipinski definition) is 2. The minimum absolute atomic E-state index is 0.132. The summed E-state index contributed by atoms with van der Waals surface area (Å²) in [6.45, 7) is 1.53. The van der Waals surface area contributed by atoms with Gasteiger partial charge in [0.15, 0.2) is 0 Å². The Morgan fingerprint density at radius 1 is 1.03 bits per heavy atom. The van der Waals surface area contributed by atoms with Crippen molar-refractivity contribution in [1.29, 1.82) is 0 Å². The number of carbonyl (C=O) groups is 1. The van der Waals surface area contributed by atoms with Crippen LogP contribution in [0.5, 0.6) is 0 Å². The molecule has 2 aromatic carbocycles. The van der Waals surface area contributed by atoms with E-state index in [1.807, 2.05) is 12.1 Å². The van der Waals surface area contributed by atoms with Crippen LogP contribution in [0.3, 0.4) is 0 Å². The van der Waals surface area contributed by atoms with Crippen LogP contribution in [-0.2, 0) is 24.4 Å². The van der Waals surface area contributed by atoms with Gasteiger partial charge < -0.3 is 5.32 Å². The van der Waals surface area contributed by atoms with Crippen molar-refractivity contribution in [2.75, 3.05) is 7.05 Å². The number of amides is 1. The first-order valence-electron chi connectivity index (χ1n) is 11.8. The van der Waals surface area contributed by atoms with E-state index >= 15 is 0 Å². The summed E-state index contributed by atoms with van der Waals surface area (Å²) < 4.78 is 1.45. The van der Waals surface area contributed by atoms with E-state index in [1.54, 1.807) is 24.3 Å². The van der Waals surface area contributed by atoms with Gasteiger partial charge in [-0.3, -0.25) is 24.0 Å². The maximum atomic E-state index is 12.6. The summed E-state index contributed by atoms with van der Waals surface area (Å²) in [6, 6.07) is 15.8. The zero-order valence-corrected chi connectivity index (χ0v) is 19.2. The summed E-state index contributed by atoms with van der Waals surface area (Å²) in [7, 11) is 2.19. The van der Waals surface area contributed by atoms with E-state index in [1.165, 1.54) is 42.2 Å². The van der Waals surface area contributed by atoms with Gasteiger partial charge in [-0.15, -0.1) is 0 Å². The highest BCUT2D eigenvalue weighted by Gasteiger charge is 2.19. The molecule has 0 atom stereocenters. The second kappa shape index (κ2) is 10.6. The number of fused-ring (bicyclic) bond motifs is 1. The van der Waals surface area contributed by atoms with E-state index in [4.69, 9.17) is 0 Å². The van der Waals surface area contributed by atoms with Gasteiger partial charge in [0, 0.05) is 32.1 Å². The van der Waals surface area contributed by atoms with Crippen LogP contribution in [-0.4, -0.2) is 33.4 Å². The second-order valence-corrected chi connectivity index (χ2v) is 8.93. The van der Waals surface area contributed by atoms with Crippen LogP contribution in [0.2, 0.25) is 0 Å². The van der Waals surface area contributed by atoms with Gasteiger partial charge in [0.25, 0.3) is 5.56 Å². The van der Waals surface area contributed by atoms with Crippen molar-refractivity contribution >= 4 is 16.8 Å². The van der Waals surface area contributed by atoms with Gasteiger partial charge in [-0.25, -0.2) is 4.79 Å². The van der Waals surface area contributed by atoms with Crippen molar-refractivity contribution in [2.24, 2.45) is 0 Å².